The van der Waals surface area contributed by atoms with Crippen molar-refractivity contribution in [1.82, 2.24) is 15.1 Å². The number of likely N-dealkylation sites (tertiary alicyclic amines) is 1. The molecule has 8 nitrogen and oxygen atoms in total. The number of fused-ring (bicyclic) bond motifs is 1. The summed E-state index contributed by atoms with van der Waals surface area (Å²) >= 11 is 0. The van der Waals surface area contributed by atoms with Crippen LogP contribution in [0.5, 0.6) is 0 Å². The highest BCUT2D eigenvalue weighted by atomic mass is 16.2. The van der Waals surface area contributed by atoms with Crippen molar-refractivity contribution in [2.24, 2.45) is 5.73 Å². The van der Waals surface area contributed by atoms with Gasteiger partial charge >= 0.3 is 0 Å². The van der Waals surface area contributed by atoms with Crippen molar-refractivity contribution in [3.63, 3.8) is 0 Å². The molecule has 8 heteroatoms. The average Bonchev–Trinajstić information content (AvgIpc) is 3.00. The largest absolute Gasteiger partial charge is 0.322 e. The van der Waals surface area contributed by atoms with Crippen LogP contribution in [-0.4, -0.2) is 52.2 Å². The molecule has 2 fully saturated rings. The van der Waals surface area contributed by atoms with Crippen LogP contribution < -0.4 is 11.1 Å². The normalized spacial score (nSPS) is 24.6. The lowest BCUT2D eigenvalue weighted by Gasteiger charge is -2.34. The van der Waals surface area contributed by atoms with E-state index in [1.54, 1.807) is 4.90 Å². The van der Waals surface area contributed by atoms with Crippen LogP contribution in [0.3, 0.4) is 0 Å². The van der Waals surface area contributed by atoms with Gasteiger partial charge in [0.2, 0.25) is 11.8 Å². The lowest BCUT2D eigenvalue weighted by atomic mass is 9.90. The minimum Gasteiger partial charge on any atom is -0.322 e. The number of nitrogens with two attached hydrogens (primary N) is 1. The van der Waals surface area contributed by atoms with Gasteiger partial charge in [0.05, 0.1) is 6.07 Å². The van der Waals surface area contributed by atoms with E-state index in [4.69, 9.17) is 11.0 Å². The molecule has 146 valence electrons. The van der Waals surface area contributed by atoms with Crippen molar-refractivity contribution < 1.29 is 14.4 Å². The quantitative estimate of drug-likeness (QED) is 0.725. The highest BCUT2D eigenvalue weighted by molar-refractivity contribution is 6.05. The Kier molecular flexibility index (Phi) is 4.65. The molecule has 0 bridgehead atoms. The van der Waals surface area contributed by atoms with E-state index in [1.807, 2.05) is 18.2 Å². The van der Waals surface area contributed by atoms with Crippen LogP contribution in [0.15, 0.2) is 18.2 Å². The molecule has 0 spiro atoms. The van der Waals surface area contributed by atoms with Crippen LogP contribution in [0.1, 0.15) is 47.2 Å². The maximum Gasteiger partial charge on any atom is 0.255 e. The predicted octanol–water partition coefficient (Wildman–Crippen LogP) is 0.264. The first-order valence-corrected chi connectivity index (χ1v) is 9.57. The van der Waals surface area contributed by atoms with Gasteiger partial charge in [-0.05, 0) is 36.5 Å². The Balaban J connectivity index is 1.44. The van der Waals surface area contributed by atoms with E-state index in [9.17, 15) is 14.4 Å². The molecule has 2 saturated heterocycles. The molecule has 3 N–H and O–H groups in total. The summed E-state index contributed by atoms with van der Waals surface area (Å²) in [6, 6.07) is 7.40. The second-order valence-corrected chi connectivity index (χ2v) is 7.94. The summed E-state index contributed by atoms with van der Waals surface area (Å²) in [6.45, 7) is 2.65. The minimum atomic E-state index is -0.719. The molecule has 1 atom stereocenters. The maximum absolute atomic E-state index is 12.7. The van der Waals surface area contributed by atoms with Crippen LogP contribution in [0, 0.1) is 11.3 Å². The zero-order valence-electron chi connectivity index (χ0n) is 15.6. The molecule has 1 unspecified atom stereocenters. The lowest BCUT2D eigenvalue weighted by molar-refractivity contribution is -0.136. The third-order valence-electron chi connectivity index (χ3n) is 5.97. The fraction of sp³-hybridized carbons (Fsp3) is 0.500. The first kappa shape index (κ1) is 18.6. The fourth-order valence-corrected chi connectivity index (χ4v) is 4.21. The van der Waals surface area contributed by atoms with Crippen molar-refractivity contribution in [3.05, 3.63) is 34.9 Å². The zero-order chi connectivity index (χ0) is 19.9. The number of rotatable bonds is 3. The highest BCUT2D eigenvalue weighted by Gasteiger charge is 2.39. The van der Waals surface area contributed by atoms with Gasteiger partial charge in [0.1, 0.15) is 11.6 Å². The number of amides is 3. The Bertz CT molecular complexity index is 882. The third-order valence-corrected chi connectivity index (χ3v) is 5.97. The highest BCUT2D eigenvalue weighted by Crippen LogP contribution is 2.29. The number of hydrogen-bond acceptors (Lipinski definition) is 6. The molecule has 3 aliphatic rings. The third kappa shape index (κ3) is 3.39. The molecule has 3 amide bonds. The number of hydrogen-bond donors (Lipinski definition) is 2. The first-order valence-electron chi connectivity index (χ1n) is 9.57. The second-order valence-electron chi connectivity index (χ2n) is 7.94. The number of piperidine rings is 2. The van der Waals surface area contributed by atoms with Crippen molar-refractivity contribution in [1.29, 1.82) is 5.26 Å². The van der Waals surface area contributed by atoms with Crippen LogP contribution >= 0.6 is 0 Å². The maximum atomic E-state index is 12.7. The predicted molar refractivity (Wildman–Crippen MR) is 99.5 cm³/mol. The Morgan fingerprint density at radius 1 is 1.25 bits per heavy atom. The van der Waals surface area contributed by atoms with E-state index < -0.39 is 17.5 Å². The van der Waals surface area contributed by atoms with Gasteiger partial charge in [-0.3, -0.25) is 24.6 Å². The van der Waals surface area contributed by atoms with Gasteiger partial charge in [-0.2, -0.15) is 5.26 Å². The lowest BCUT2D eigenvalue weighted by Crippen LogP contribution is -2.52. The van der Waals surface area contributed by atoms with E-state index >= 15 is 0 Å². The Morgan fingerprint density at radius 3 is 2.68 bits per heavy atom. The fourth-order valence-electron chi connectivity index (χ4n) is 4.21. The molecule has 1 aromatic rings. The second kappa shape index (κ2) is 7.00. The zero-order valence-corrected chi connectivity index (χ0v) is 15.6. The molecule has 0 aromatic heterocycles. The molecule has 0 aliphatic carbocycles. The van der Waals surface area contributed by atoms with Gasteiger partial charge in [0, 0.05) is 38.2 Å². The molecule has 0 radical (unpaired) electrons. The van der Waals surface area contributed by atoms with E-state index in [0.717, 1.165) is 30.8 Å². The van der Waals surface area contributed by atoms with E-state index in [1.165, 1.54) is 0 Å². The Morgan fingerprint density at radius 2 is 2.00 bits per heavy atom. The van der Waals surface area contributed by atoms with Crippen LogP contribution in [0.4, 0.5) is 0 Å². The Labute approximate surface area is 163 Å². The van der Waals surface area contributed by atoms with E-state index in [0.29, 0.717) is 31.4 Å². The molecule has 0 saturated carbocycles. The molecular formula is C20H23N5O3. The number of nitrogens with one attached hydrogen (secondary N) is 1. The number of carbonyl (C=O) groups is 3. The molecule has 3 heterocycles. The van der Waals surface area contributed by atoms with E-state index in [2.05, 4.69) is 16.3 Å². The van der Waals surface area contributed by atoms with Gasteiger partial charge in [-0.25, -0.2) is 0 Å². The van der Waals surface area contributed by atoms with Gasteiger partial charge in [0.25, 0.3) is 5.91 Å². The summed E-state index contributed by atoms with van der Waals surface area (Å²) in [5, 5.41) is 11.5. The summed E-state index contributed by atoms with van der Waals surface area (Å²) < 4.78 is 0. The van der Waals surface area contributed by atoms with Gasteiger partial charge in [-0.15, -0.1) is 0 Å². The first-order chi connectivity index (χ1) is 13.4. The van der Waals surface area contributed by atoms with Gasteiger partial charge < -0.3 is 10.6 Å². The Hall–Kier alpha value is -2.76. The topological polar surface area (TPSA) is 120 Å². The number of nitriles is 1. The number of nitrogens with zero attached hydrogens (tertiary/aromatic N) is 3. The van der Waals surface area contributed by atoms with Gasteiger partial charge in [-0.1, -0.05) is 12.1 Å². The summed E-state index contributed by atoms with van der Waals surface area (Å²) in [6.07, 6.45) is 1.92. The molecular weight excluding hydrogens is 358 g/mol. The summed E-state index contributed by atoms with van der Waals surface area (Å²) in [5.41, 5.74) is 7.94. The number of imide groups is 1. The summed E-state index contributed by atoms with van der Waals surface area (Å²) in [4.78, 5) is 40.1. The number of carbonyl (C=O) groups excluding carboxylic acids is 3. The van der Waals surface area contributed by atoms with Gasteiger partial charge in [0.15, 0.2) is 0 Å². The van der Waals surface area contributed by atoms with Crippen molar-refractivity contribution in [2.45, 2.75) is 50.4 Å². The SMILES string of the molecule is N#CC1(N)CCN(Cc2ccc3c(c2)CN(C2CCC(=O)NC2=O)C3=O)CC1. The van der Waals surface area contributed by atoms with Crippen LogP contribution in [0.2, 0.25) is 0 Å². The smallest absolute Gasteiger partial charge is 0.255 e. The standard InChI is InChI=1S/C20H23N5O3/c21-12-20(22)5-7-24(8-6-20)10-13-1-2-15-14(9-13)11-25(19(15)28)16-3-4-17(26)23-18(16)27/h1-2,9,16H,3-8,10-11,22H2,(H,23,26,27). The minimum absolute atomic E-state index is 0.157. The molecule has 4 rings (SSSR count). The molecule has 28 heavy (non-hydrogen) atoms. The van der Waals surface area contributed by atoms with Crippen LogP contribution in [-0.2, 0) is 22.7 Å². The molecule has 3 aliphatic heterocycles. The van der Waals surface area contributed by atoms with Crippen molar-refractivity contribution >= 4 is 17.7 Å². The van der Waals surface area contributed by atoms with E-state index in [-0.39, 0.29) is 18.2 Å². The van der Waals surface area contributed by atoms with Crippen LogP contribution in [0.25, 0.3) is 0 Å². The molecule has 1 aromatic carbocycles. The number of benzene rings is 1. The van der Waals surface area contributed by atoms with Crippen molar-refractivity contribution in [2.75, 3.05) is 13.1 Å². The van der Waals surface area contributed by atoms with Crippen molar-refractivity contribution in [3.8, 4) is 6.07 Å². The average molecular weight is 381 g/mol. The summed E-state index contributed by atoms with van der Waals surface area (Å²) in [7, 11) is 0. The monoisotopic (exact) mass is 381 g/mol. The summed E-state index contributed by atoms with van der Waals surface area (Å²) in [5.74, 6) is -0.836.